The predicted molar refractivity (Wildman–Crippen MR) is 140 cm³/mol. The van der Waals surface area contributed by atoms with Crippen molar-refractivity contribution in [3.63, 3.8) is 0 Å². The van der Waals surface area contributed by atoms with E-state index in [2.05, 4.69) is 0 Å². The quantitative estimate of drug-likeness (QED) is 0.0743. The SMILES string of the molecule is CCOC(=O)C(NS(=O)(=O)c1ccc(C(=O)NCc2c(F)c(F)c(F)c(F)c2F)cc1)c1cc(OC)c(OC)cc1[N+](=O)[O-]. The summed E-state index contributed by atoms with van der Waals surface area (Å²) in [6.07, 6.45) is 0. The van der Waals surface area contributed by atoms with Crippen LogP contribution in [-0.2, 0) is 26.1 Å². The van der Waals surface area contributed by atoms with E-state index in [0.717, 1.165) is 36.4 Å². The van der Waals surface area contributed by atoms with Gasteiger partial charge in [-0.15, -0.1) is 0 Å². The van der Waals surface area contributed by atoms with Crippen molar-refractivity contribution < 1.29 is 59.1 Å². The summed E-state index contributed by atoms with van der Waals surface area (Å²) < 4.78 is 111. The minimum Gasteiger partial charge on any atom is -0.493 e. The second kappa shape index (κ2) is 13.6. The van der Waals surface area contributed by atoms with Crippen molar-refractivity contribution in [2.24, 2.45) is 0 Å². The molecule has 0 aliphatic carbocycles. The van der Waals surface area contributed by atoms with Crippen molar-refractivity contribution in [2.75, 3.05) is 20.8 Å². The van der Waals surface area contributed by atoms with Crippen LogP contribution in [0.3, 0.4) is 0 Å². The first-order valence-electron chi connectivity index (χ1n) is 12.2. The minimum absolute atomic E-state index is 0.0668. The molecule has 3 aromatic carbocycles. The molecular weight excluding hydrogens is 625 g/mol. The molecule has 1 atom stereocenters. The van der Waals surface area contributed by atoms with Crippen LogP contribution in [0.2, 0.25) is 0 Å². The molecule has 0 spiro atoms. The van der Waals surface area contributed by atoms with Gasteiger partial charge in [0.1, 0.15) is 0 Å². The number of benzene rings is 3. The molecule has 0 aliphatic heterocycles. The zero-order chi connectivity index (χ0) is 32.9. The Morgan fingerprint density at radius 2 is 1.43 bits per heavy atom. The van der Waals surface area contributed by atoms with Crippen LogP contribution in [0.4, 0.5) is 27.6 Å². The monoisotopic (exact) mass is 647 g/mol. The number of nitro benzene ring substituents is 1. The van der Waals surface area contributed by atoms with Crippen LogP contribution in [0.1, 0.15) is 34.5 Å². The number of nitrogens with zero attached hydrogens (tertiary/aromatic N) is 1. The van der Waals surface area contributed by atoms with E-state index in [-0.39, 0.29) is 23.7 Å². The molecule has 44 heavy (non-hydrogen) atoms. The van der Waals surface area contributed by atoms with Crippen LogP contribution >= 0.6 is 0 Å². The molecule has 0 saturated heterocycles. The summed E-state index contributed by atoms with van der Waals surface area (Å²) in [5, 5.41) is 13.7. The van der Waals surface area contributed by atoms with E-state index in [1.807, 2.05) is 10.0 Å². The molecule has 0 radical (unpaired) electrons. The zero-order valence-corrected chi connectivity index (χ0v) is 23.7. The fraction of sp³-hybridized carbons (Fsp3) is 0.231. The number of sulfonamides is 1. The molecule has 1 unspecified atom stereocenters. The number of hydrogen-bond acceptors (Lipinski definition) is 9. The smallest absolute Gasteiger partial charge is 0.329 e. The number of rotatable bonds is 12. The van der Waals surface area contributed by atoms with E-state index >= 15 is 0 Å². The lowest BCUT2D eigenvalue weighted by Gasteiger charge is -2.19. The third-order valence-corrected chi connectivity index (χ3v) is 7.43. The Morgan fingerprint density at radius 3 is 1.93 bits per heavy atom. The Kier molecular flexibility index (Phi) is 10.4. The number of carbonyl (C=O) groups is 2. The first-order valence-corrected chi connectivity index (χ1v) is 13.6. The average molecular weight is 648 g/mol. The van der Waals surface area contributed by atoms with E-state index in [0.29, 0.717) is 0 Å². The summed E-state index contributed by atoms with van der Waals surface area (Å²) in [6, 6.07) is 3.67. The second-order valence-corrected chi connectivity index (χ2v) is 10.3. The van der Waals surface area contributed by atoms with Crippen LogP contribution < -0.4 is 19.5 Å². The predicted octanol–water partition coefficient (Wildman–Crippen LogP) is 3.82. The summed E-state index contributed by atoms with van der Waals surface area (Å²) in [6.45, 7) is 0.104. The molecule has 0 aliphatic rings. The van der Waals surface area contributed by atoms with Gasteiger partial charge in [-0.3, -0.25) is 14.9 Å². The first-order chi connectivity index (χ1) is 20.7. The number of nitrogens with one attached hydrogen (secondary N) is 2. The molecule has 3 rings (SSSR count). The van der Waals surface area contributed by atoms with Crippen molar-refractivity contribution in [3.05, 3.63) is 92.3 Å². The number of halogens is 5. The van der Waals surface area contributed by atoms with Gasteiger partial charge in [0, 0.05) is 17.7 Å². The van der Waals surface area contributed by atoms with Gasteiger partial charge in [-0.2, -0.15) is 4.72 Å². The molecule has 12 nitrogen and oxygen atoms in total. The Labute approximate surface area is 245 Å². The fourth-order valence-electron chi connectivity index (χ4n) is 3.82. The molecule has 18 heteroatoms. The van der Waals surface area contributed by atoms with Crippen molar-refractivity contribution >= 4 is 27.6 Å². The Balaban J connectivity index is 1.90. The van der Waals surface area contributed by atoms with E-state index in [1.165, 1.54) is 21.1 Å². The van der Waals surface area contributed by atoms with Gasteiger partial charge in [-0.1, -0.05) is 0 Å². The Morgan fingerprint density at radius 1 is 0.909 bits per heavy atom. The lowest BCUT2D eigenvalue weighted by molar-refractivity contribution is -0.385. The highest BCUT2D eigenvalue weighted by Crippen LogP contribution is 2.38. The van der Waals surface area contributed by atoms with Crippen molar-refractivity contribution in [3.8, 4) is 11.5 Å². The first kappa shape index (κ1) is 33.7. The standard InChI is InChI=1S/C26H22F5N3O9S/c1-4-43-26(36)24(14-9-17(41-2)18(42-3)10-16(14)34(37)38)33-44(39,40)13-7-5-12(6-8-13)25(35)32-11-15-19(27)21(29)23(31)22(30)20(15)28/h5-10,24,33H,4,11H2,1-3H3,(H,32,35). The number of hydrogen-bond donors (Lipinski definition) is 2. The third kappa shape index (κ3) is 6.86. The highest BCUT2D eigenvalue weighted by molar-refractivity contribution is 7.89. The maximum Gasteiger partial charge on any atom is 0.329 e. The van der Waals surface area contributed by atoms with E-state index < -0.39 is 90.2 Å². The molecule has 236 valence electrons. The second-order valence-electron chi connectivity index (χ2n) is 8.58. The lowest BCUT2D eigenvalue weighted by atomic mass is 10.0. The third-order valence-electron chi connectivity index (χ3n) is 5.99. The number of carbonyl (C=O) groups excluding carboxylic acids is 2. The van der Waals surface area contributed by atoms with E-state index in [9.17, 15) is 50.1 Å². The summed E-state index contributed by atoms with van der Waals surface area (Å²) in [5.41, 5.74) is -2.74. The molecule has 1 amide bonds. The van der Waals surface area contributed by atoms with Crippen molar-refractivity contribution in [1.29, 1.82) is 0 Å². The van der Waals surface area contributed by atoms with Crippen LogP contribution in [0.25, 0.3) is 0 Å². The summed E-state index contributed by atoms with van der Waals surface area (Å²) in [5.74, 6) is -13.5. The normalized spacial score (nSPS) is 11.9. The number of methoxy groups -OCH3 is 2. The van der Waals surface area contributed by atoms with Crippen molar-refractivity contribution in [1.82, 2.24) is 10.0 Å². The molecule has 0 saturated carbocycles. The van der Waals surface area contributed by atoms with Crippen LogP contribution in [-0.4, -0.2) is 46.0 Å². The van der Waals surface area contributed by atoms with Gasteiger partial charge in [0.25, 0.3) is 11.6 Å². The maximum atomic E-state index is 13.9. The maximum absolute atomic E-state index is 13.9. The van der Waals surface area contributed by atoms with E-state index in [4.69, 9.17) is 14.2 Å². The number of ether oxygens (including phenoxy) is 3. The molecule has 0 aromatic heterocycles. The summed E-state index contributed by atoms with van der Waals surface area (Å²) >= 11 is 0. The molecule has 0 heterocycles. The van der Waals surface area contributed by atoms with Gasteiger partial charge in [0.05, 0.1) is 42.3 Å². The van der Waals surface area contributed by atoms with Gasteiger partial charge in [0.2, 0.25) is 15.8 Å². The van der Waals surface area contributed by atoms with Crippen LogP contribution in [0.15, 0.2) is 41.3 Å². The number of nitro groups is 1. The summed E-state index contributed by atoms with van der Waals surface area (Å²) in [7, 11) is -2.26. The largest absolute Gasteiger partial charge is 0.493 e. The molecule has 0 bridgehead atoms. The zero-order valence-electron chi connectivity index (χ0n) is 22.9. The Bertz CT molecular complexity index is 1690. The van der Waals surface area contributed by atoms with Gasteiger partial charge in [-0.05, 0) is 37.3 Å². The lowest BCUT2D eigenvalue weighted by Crippen LogP contribution is -2.35. The highest BCUT2D eigenvalue weighted by Gasteiger charge is 2.35. The number of amides is 1. The molecular formula is C26H22F5N3O9S. The van der Waals surface area contributed by atoms with E-state index in [1.54, 1.807) is 0 Å². The van der Waals surface area contributed by atoms with Gasteiger partial charge in [0.15, 0.2) is 40.8 Å². The van der Waals surface area contributed by atoms with Crippen LogP contribution in [0.5, 0.6) is 11.5 Å². The topological polar surface area (TPSA) is 163 Å². The van der Waals surface area contributed by atoms with Crippen LogP contribution in [0, 0.1) is 39.2 Å². The fourth-order valence-corrected chi connectivity index (χ4v) is 4.99. The van der Waals surface area contributed by atoms with Gasteiger partial charge >= 0.3 is 5.97 Å². The average Bonchev–Trinajstić information content (AvgIpc) is 3.00. The molecule has 3 aromatic rings. The molecule has 0 fully saturated rings. The Hall–Kier alpha value is -4.84. The minimum atomic E-state index is -4.67. The molecule has 2 N–H and O–H groups in total. The summed E-state index contributed by atoms with van der Waals surface area (Å²) in [4.78, 5) is 35.6. The van der Waals surface area contributed by atoms with Gasteiger partial charge in [-0.25, -0.2) is 35.2 Å². The number of esters is 1. The van der Waals surface area contributed by atoms with Crippen molar-refractivity contribution in [2.45, 2.75) is 24.4 Å². The highest BCUT2D eigenvalue weighted by atomic mass is 32.2. The van der Waals surface area contributed by atoms with Gasteiger partial charge < -0.3 is 19.5 Å².